The third kappa shape index (κ3) is 9.82. The van der Waals surface area contributed by atoms with E-state index in [1.54, 1.807) is 0 Å². The Morgan fingerprint density at radius 1 is 0.933 bits per heavy atom. The van der Waals surface area contributed by atoms with E-state index in [0.717, 1.165) is 0 Å². The van der Waals surface area contributed by atoms with Gasteiger partial charge < -0.3 is 21.1 Å². The molecule has 6 N–H and O–H groups in total. The molecule has 8 nitrogen and oxygen atoms in total. The zero-order chi connectivity index (χ0) is 10.8. The minimum atomic E-state index is -1.15. The molecule has 0 unspecified atom stereocenters. The summed E-state index contributed by atoms with van der Waals surface area (Å²) in [5.74, 6) is -2.30. The summed E-state index contributed by atoms with van der Waals surface area (Å²) in [5.41, 5.74) is 14.5. The van der Waals surface area contributed by atoms with E-state index in [1.807, 2.05) is 0 Å². The largest absolute Gasteiger partial charge is 0.437 e. The first kappa shape index (κ1) is 16.9. The van der Waals surface area contributed by atoms with Gasteiger partial charge in [0.15, 0.2) is 0 Å². The fourth-order valence-electron chi connectivity index (χ4n) is 0.434. The molecule has 0 heterocycles. The van der Waals surface area contributed by atoms with Crippen LogP contribution in [0.3, 0.4) is 0 Å². The van der Waals surface area contributed by atoms with Gasteiger partial charge in [0.2, 0.25) is 0 Å². The number of carbonyl (C=O) groups excluding carboxylic acids is 2. The number of carbonyl (C=O) groups is 2. The second-order valence-corrected chi connectivity index (χ2v) is 2.15. The van der Waals surface area contributed by atoms with Crippen molar-refractivity contribution in [2.45, 2.75) is 0 Å². The van der Waals surface area contributed by atoms with E-state index in [1.165, 1.54) is 0 Å². The summed E-state index contributed by atoms with van der Waals surface area (Å²) in [6.07, 6.45) is 0. The van der Waals surface area contributed by atoms with Crippen molar-refractivity contribution in [2.24, 2.45) is 11.5 Å². The van der Waals surface area contributed by atoms with Gasteiger partial charge in [0.05, 0.1) is 0 Å². The van der Waals surface area contributed by atoms with E-state index in [2.05, 4.69) is 20.6 Å². The maximum atomic E-state index is 10.7. The second-order valence-electron chi connectivity index (χ2n) is 2.15. The van der Waals surface area contributed by atoms with Gasteiger partial charge in [0.1, 0.15) is 0 Å². The van der Waals surface area contributed by atoms with Crippen molar-refractivity contribution in [3.63, 3.8) is 0 Å². The summed E-state index contributed by atoms with van der Waals surface area (Å²) in [6, 6.07) is 0. The topological polar surface area (TPSA) is 129 Å². The fraction of sp³-hybridized carbons (Fsp3) is 0.667. The first-order valence-corrected chi connectivity index (χ1v) is 4.00. The number of hydrogen-bond donors (Lipinski definition) is 4. The van der Waals surface area contributed by atoms with E-state index in [-0.39, 0.29) is 48.6 Å². The van der Waals surface area contributed by atoms with Crippen molar-refractivity contribution in [3.8, 4) is 0 Å². The van der Waals surface area contributed by atoms with E-state index in [0.29, 0.717) is 0 Å². The smallest absolute Gasteiger partial charge is 0.362 e. The van der Waals surface area contributed by atoms with Crippen LogP contribution in [0.5, 0.6) is 0 Å². The Balaban J connectivity index is 0. The summed E-state index contributed by atoms with van der Waals surface area (Å²) in [7, 11) is 0. The number of rotatable bonds is 6. The second kappa shape index (κ2) is 11.6. The fourth-order valence-corrected chi connectivity index (χ4v) is 0.434. The Hall–Kier alpha value is -0.480. The molecule has 0 fully saturated rings. The normalized spacial score (nSPS) is 8.93. The molecule has 9 heteroatoms. The molecule has 0 saturated heterocycles. The molecular formula is C6H14AgN4O4. The van der Waals surface area contributed by atoms with Gasteiger partial charge in [0, 0.05) is 48.6 Å². The molecule has 0 aliphatic carbocycles. The monoisotopic (exact) mass is 313 g/mol. The molecule has 0 rings (SSSR count). The van der Waals surface area contributed by atoms with Gasteiger partial charge in [-0.05, 0) is 0 Å². The Kier molecular flexibility index (Phi) is 13.1. The zero-order valence-corrected chi connectivity index (χ0v) is 9.40. The van der Waals surface area contributed by atoms with Crippen LogP contribution in [0.25, 0.3) is 0 Å². The standard InChI is InChI=1S/C6H14N4O4.Ag/c7-1-3-9-13-5(11)6(12)14-10-4-2-8;/h9-10H,1-4,7-8H2;. The van der Waals surface area contributed by atoms with Crippen LogP contribution < -0.4 is 22.4 Å². The molecule has 0 spiro atoms. The Bertz CT molecular complexity index is 172. The maximum Gasteiger partial charge on any atom is 0.437 e. The first-order valence-electron chi connectivity index (χ1n) is 4.00. The van der Waals surface area contributed by atoms with Crippen molar-refractivity contribution >= 4 is 11.9 Å². The summed E-state index contributed by atoms with van der Waals surface area (Å²) in [5, 5.41) is 0. The van der Waals surface area contributed by atoms with Crippen molar-refractivity contribution in [1.82, 2.24) is 11.0 Å². The first-order chi connectivity index (χ1) is 6.72. The minimum Gasteiger partial charge on any atom is -0.362 e. The van der Waals surface area contributed by atoms with Gasteiger partial charge >= 0.3 is 11.9 Å². The summed E-state index contributed by atoms with van der Waals surface area (Å²) < 4.78 is 0. The van der Waals surface area contributed by atoms with Crippen molar-refractivity contribution < 1.29 is 41.6 Å². The van der Waals surface area contributed by atoms with Crippen LogP contribution in [0, 0.1) is 0 Å². The molecule has 1 radical (unpaired) electrons. The van der Waals surface area contributed by atoms with Crippen LogP contribution in [-0.4, -0.2) is 38.1 Å². The van der Waals surface area contributed by atoms with Crippen LogP contribution in [0.1, 0.15) is 0 Å². The van der Waals surface area contributed by atoms with Crippen molar-refractivity contribution in [1.29, 1.82) is 0 Å². The van der Waals surface area contributed by atoms with Gasteiger partial charge in [-0.1, -0.05) is 0 Å². The molecule has 0 aliphatic heterocycles. The predicted molar refractivity (Wildman–Crippen MR) is 46.3 cm³/mol. The zero-order valence-electron chi connectivity index (χ0n) is 7.92. The van der Waals surface area contributed by atoms with E-state index in [4.69, 9.17) is 11.5 Å². The summed E-state index contributed by atoms with van der Waals surface area (Å²) in [4.78, 5) is 30.0. The van der Waals surface area contributed by atoms with Crippen LogP contribution in [0.15, 0.2) is 0 Å². The Morgan fingerprint density at radius 2 is 1.27 bits per heavy atom. The molecule has 93 valence electrons. The van der Waals surface area contributed by atoms with E-state index < -0.39 is 11.9 Å². The summed E-state index contributed by atoms with van der Waals surface area (Å²) >= 11 is 0. The van der Waals surface area contributed by atoms with Gasteiger partial charge in [-0.25, -0.2) is 9.59 Å². The van der Waals surface area contributed by atoms with Gasteiger partial charge in [0.25, 0.3) is 0 Å². The van der Waals surface area contributed by atoms with Crippen LogP contribution >= 0.6 is 0 Å². The van der Waals surface area contributed by atoms with E-state index in [9.17, 15) is 9.59 Å². The Labute approximate surface area is 102 Å². The van der Waals surface area contributed by atoms with Gasteiger partial charge in [-0.2, -0.15) is 11.0 Å². The predicted octanol–water partition coefficient (Wildman–Crippen LogP) is -3.00. The maximum absolute atomic E-state index is 10.7. The van der Waals surface area contributed by atoms with Gasteiger partial charge in [-0.3, -0.25) is 0 Å². The number of nitrogens with two attached hydrogens (primary N) is 2. The van der Waals surface area contributed by atoms with Crippen molar-refractivity contribution in [2.75, 3.05) is 26.2 Å². The third-order valence-electron chi connectivity index (χ3n) is 0.989. The quantitative estimate of drug-likeness (QED) is 0.177. The Morgan fingerprint density at radius 3 is 1.53 bits per heavy atom. The molecule has 0 atom stereocenters. The summed E-state index contributed by atoms with van der Waals surface area (Å²) in [6.45, 7) is 1.09. The van der Waals surface area contributed by atoms with Gasteiger partial charge in [-0.15, -0.1) is 0 Å². The van der Waals surface area contributed by atoms with Crippen LogP contribution in [0.4, 0.5) is 0 Å². The number of hydroxylamine groups is 2. The molecule has 0 aliphatic rings. The SMILES string of the molecule is NCCNOC(=O)C(=O)ONCCN.[Ag]. The molecule has 0 saturated carbocycles. The average molecular weight is 314 g/mol. The third-order valence-corrected chi connectivity index (χ3v) is 0.989. The van der Waals surface area contributed by atoms with E-state index >= 15 is 0 Å². The van der Waals surface area contributed by atoms with Crippen LogP contribution in [0.2, 0.25) is 0 Å². The average Bonchev–Trinajstić information content (AvgIpc) is 2.18. The minimum absolute atomic E-state index is 0. The molecule has 0 amide bonds. The molecule has 15 heavy (non-hydrogen) atoms. The molecule has 0 bridgehead atoms. The van der Waals surface area contributed by atoms with Crippen molar-refractivity contribution in [3.05, 3.63) is 0 Å². The molecule has 0 aromatic carbocycles. The number of hydrogen-bond acceptors (Lipinski definition) is 8. The van der Waals surface area contributed by atoms with Crippen LogP contribution in [-0.2, 0) is 41.6 Å². The molecule has 0 aromatic rings. The molecule has 0 aromatic heterocycles. The molecular weight excluding hydrogens is 300 g/mol. The number of nitrogens with one attached hydrogen (secondary N) is 2.